The van der Waals surface area contributed by atoms with Crippen molar-refractivity contribution in [3.8, 4) is 0 Å². The molecule has 7 nitrogen and oxygen atoms in total. The lowest BCUT2D eigenvalue weighted by Crippen LogP contribution is -2.54. The van der Waals surface area contributed by atoms with E-state index in [9.17, 15) is 9.59 Å². The first-order valence-corrected chi connectivity index (χ1v) is 6.79. The number of carboxylic acids is 1. The van der Waals surface area contributed by atoms with Crippen molar-refractivity contribution in [3.63, 3.8) is 0 Å². The molecule has 1 amide bonds. The number of aliphatic carboxylic acids is 1. The summed E-state index contributed by atoms with van der Waals surface area (Å²) >= 11 is 0. The van der Waals surface area contributed by atoms with Crippen molar-refractivity contribution in [1.29, 1.82) is 0 Å². The molecule has 0 saturated carbocycles. The van der Waals surface area contributed by atoms with E-state index in [0.29, 0.717) is 26.2 Å². The van der Waals surface area contributed by atoms with E-state index in [-0.39, 0.29) is 6.04 Å². The van der Waals surface area contributed by atoms with Gasteiger partial charge in [0.2, 0.25) is 0 Å². The summed E-state index contributed by atoms with van der Waals surface area (Å²) in [5.41, 5.74) is -0.528. The van der Waals surface area contributed by atoms with Gasteiger partial charge in [-0.1, -0.05) is 0 Å². The van der Waals surface area contributed by atoms with Crippen LogP contribution in [0.25, 0.3) is 0 Å². The van der Waals surface area contributed by atoms with Gasteiger partial charge in [-0.3, -0.25) is 4.79 Å². The second-order valence-corrected chi connectivity index (χ2v) is 6.26. The van der Waals surface area contributed by atoms with Gasteiger partial charge in [0, 0.05) is 26.2 Å². The van der Waals surface area contributed by atoms with E-state index in [2.05, 4.69) is 10.6 Å². The number of alkyl carbamates (subject to hydrolysis) is 1. The van der Waals surface area contributed by atoms with Crippen LogP contribution in [-0.4, -0.2) is 66.9 Å². The zero-order chi connectivity index (χ0) is 15.3. The van der Waals surface area contributed by atoms with Crippen LogP contribution >= 0.6 is 0 Å². The van der Waals surface area contributed by atoms with Gasteiger partial charge in [0.05, 0.1) is 12.0 Å². The topological polar surface area (TPSA) is 90.9 Å². The van der Waals surface area contributed by atoms with Gasteiger partial charge in [0.25, 0.3) is 0 Å². The van der Waals surface area contributed by atoms with Crippen molar-refractivity contribution in [2.75, 3.05) is 33.2 Å². The quantitative estimate of drug-likeness (QED) is 0.668. The zero-order valence-electron chi connectivity index (χ0n) is 12.6. The molecule has 3 N–H and O–H groups in total. The minimum Gasteiger partial charge on any atom is -0.481 e. The Morgan fingerprint density at radius 2 is 1.95 bits per heavy atom. The molecule has 0 aromatic heterocycles. The van der Waals surface area contributed by atoms with Crippen LogP contribution in [0, 0.1) is 5.92 Å². The van der Waals surface area contributed by atoms with Gasteiger partial charge < -0.3 is 25.4 Å². The van der Waals surface area contributed by atoms with Crippen molar-refractivity contribution in [2.24, 2.45) is 5.92 Å². The molecule has 1 heterocycles. The maximum absolute atomic E-state index is 11.7. The van der Waals surface area contributed by atoms with Crippen molar-refractivity contribution in [2.45, 2.75) is 32.4 Å². The third kappa shape index (κ3) is 6.21. The number of amides is 1. The standard InChI is InChI=1S/C13H25N3O4/c1-13(2,3)20-12(19)15-10-6-14-5-9(11(17)18)7-16(4)8-10/h9-10,14H,5-8H2,1-4H3,(H,15,19)(H,17,18). The summed E-state index contributed by atoms with van der Waals surface area (Å²) < 4.78 is 5.22. The molecule has 1 aliphatic rings. The van der Waals surface area contributed by atoms with Gasteiger partial charge in [-0.05, 0) is 27.8 Å². The fourth-order valence-electron chi connectivity index (χ4n) is 2.12. The van der Waals surface area contributed by atoms with E-state index >= 15 is 0 Å². The number of carbonyl (C=O) groups is 2. The normalized spacial score (nSPS) is 25.4. The van der Waals surface area contributed by atoms with Crippen LogP contribution in [0.2, 0.25) is 0 Å². The summed E-state index contributed by atoms with van der Waals surface area (Å²) in [6.07, 6.45) is -0.451. The number of nitrogens with zero attached hydrogens (tertiary/aromatic N) is 1. The van der Waals surface area contributed by atoms with Gasteiger partial charge in [0.1, 0.15) is 5.60 Å². The first-order chi connectivity index (χ1) is 9.17. The molecule has 116 valence electrons. The van der Waals surface area contributed by atoms with Crippen molar-refractivity contribution in [1.82, 2.24) is 15.5 Å². The van der Waals surface area contributed by atoms with E-state index in [1.54, 1.807) is 0 Å². The van der Waals surface area contributed by atoms with Crippen LogP contribution in [-0.2, 0) is 9.53 Å². The number of ether oxygens (including phenoxy) is 1. The van der Waals surface area contributed by atoms with Gasteiger partial charge in [-0.25, -0.2) is 4.79 Å². The van der Waals surface area contributed by atoms with Crippen LogP contribution in [0.4, 0.5) is 4.79 Å². The molecule has 1 aliphatic heterocycles. The smallest absolute Gasteiger partial charge is 0.407 e. The Bertz CT molecular complexity index is 354. The average molecular weight is 287 g/mol. The van der Waals surface area contributed by atoms with Gasteiger partial charge in [0.15, 0.2) is 0 Å². The Morgan fingerprint density at radius 3 is 2.50 bits per heavy atom. The number of carbonyl (C=O) groups excluding carboxylic acids is 1. The summed E-state index contributed by atoms with van der Waals surface area (Å²) in [5, 5.41) is 14.9. The number of rotatable bonds is 2. The molecule has 1 fully saturated rings. The van der Waals surface area contributed by atoms with E-state index in [1.165, 1.54) is 0 Å². The monoisotopic (exact) mass is 287 g/mol. The molecule has 0 radical (unpaired) electrons. The summed E-state index contributed by atoms with van der Waals surface area (Å²) in [4.78, 5) is 24.7. The Hall–Kier alpha value is -1.34. The first kappa shape index (κ1) is 16.7. The third-order valence-electron chi connectivity index (χ3n) is 2.92. The number of nitrogens with one attached hydrogen (secondary N) is 2. The number of carboxylic acid groups (broad SMARTS) is 1. The molecule has 1 rings (SSSR count). The Labute approximate surface area is 119 Å². The summed E-state index contributed by atoms with van der Waals surface area (Å²) in [5.74, 6) is -1.23. The molecule has 20 heavy (non-hydrogen) atoms. The molecule has 0 bridgehead atoms. The van der Waals surface area contributed by atoms with E-state index in [1.807, 2.05) is 32.7 Å². The summed E-state index contributed by atoms with van der Waals surface area (Å²) in [7, 11) is 1.85. The molecular weight excluding hydrogens is 262 g/mol. The van der Waals surface area contributed by atoms with Crippen LogP contribution < -0.4 is 10.6 Å². The van der Waals surface area contributed by atoms with Crippen LogP contribution in [0.3, 0.4) is 0 Å². The first-order valence-electron chi connectivity index (χ1n) is 6.79. The highest BCUT2D eigenvalue weighted by molar-refractivity contribution is 5.70. The van der Waals surface area contributed by atoms with Crippen LogP contribution in [0.1, 0.15) is 20.8 Å². The van der Waals surface area contributed by atoms with Crippen molar-refractivity contribution >= 4 is 12.1 Å². The highest BCUT2D eigenvalue weighted by Crippen LogP contribution is 2.08. The number of likely N-dealkylation sites (N-methyl/N-ethyl adjacent to an activating group) is 1. The van der Waals surface area contributed by atoms with E-state index in [4.69, 9.17) is 9.84 Å². The maximum atomic E-state index is 11.7. The molecule has 1 saturated heterocycles. The van der Waals surface area contributed by atoms with Crippen LogP contribution in [0.5, 0.6) is 0 Å². The Kier molecular flexibility index (Phi) is 5.76. The largest absolute Gasteiger partial charge is 0.481 e. The fourth-order valence-corrected chi connectivity index (χ4v) is 2.12. The summed E-state index contributed by atoms with van der Waals surface area (Å²) in [6, 6.07) is -0.107. The van der Waals surface area contributed by atoms with Gasteiger partial charge >= 0.3 is 12.1 Å². The molecular formula is C13H25N3O4. The predicted molar refractivity (Wildman–Crippen MR) is 74.7 cm³/mol. The fraction of sp³-hybridized carbons (Fsp3) is 0.846. The lowest BCUT2D eigenvalue weighted by Gasteiger charge is -2.31. The van der Waals surface area contributed by atoms with Crippen LogP contribution in [0.15, 0.2) is 0 Å². The second-order valence-electron chi connectivity index (χ2n) is 6.26. The molecule has 2 atom stereocenters. The van der Waals surface area contributed by atoms with E-state index < -0.39 is 23.6 Å². The summed E-state index contributed by atoms with van der Waals surface area (Å²) in [6.45, 7) is 7.38. The zero-order valence-corrected chi connectivity index (χ0v) is 12.6. The minimum absolute atomic E-state index is 0.107. The highest BCUT2D eigenvalue weighted by atomic mass is 16.6. The van der Waals surface area contributed by atoms with E-state index in [0.717, 1.165) is 0 Å². The average Bonchev–Trinajstić information content (AvgIpc) is 2.21. The molecule has 2 unspecified atom stereocenters. The van der Waals surface area contributed by atoms with Crippen molar-refractivity contribution < 1.29 is 19.4 Å². The minimum atomic E-state index is -0.803. The second kappa shape index (κ2) is 6.90. The molecule has 7 heteroatoms. The molecule has 0 aromatic carbocycles. The number of hydrogen-bond donors (Lipinski definition) is 3. The van der Waals surface area contributed by atoms with Gasteiger partial charge in [-0.15, -0.1) is 0 Å². The lowest BCUT2D eigenvalue weighted by atomic mass is 10.1. The molecule has 0 aromatic rings. The highest BCUT2D eigenvalue weighted by Gasteiger charge is 2.26. The Morgan fingerprint density at radius 1 is 1.30 bits per heavy atom. The van der Waals surface area contributed by atoms with Crippen molar-refractivity contribution in [3.05, 3.63) is 0 Å². The predicted octanol–water partition coefficient (Wildman–Crippen LogP) is 0.116. The molecule has 0 spiro atoms. The number of hydrogen-bond acceptors (Lipinski definition) is 5. The SMILES string of the molecule is CN1CC(NC(=O)OC(C)(C)C)CNCC(C(=O)O)C1. The maximum Gasteiger partial charge on any atom is 0.407 e. The lowest BCUT2D eigenvalue weighted by molar-refractivity contribution is -0.142. The Balaban J connectivity index is 2.49. The third-order valence-corrected chi connectivity index (χ3v) is 2.92. The van der Waals surface area contributed by atoms with Gasteiger partial charge in [-0.2, -0.15) is 0 Å². The molecule has 0 aliphatic carbocycles.